The van der Waals surface area contributed by atoms with Gasteiger partial charge in [0, 0.05) is 17.7 Å². The minimum absolute atomic E-state index is 0.598. The Labute approximate surface area is 130 Å². The van der Waals surface area contributed by atoms with E-state index < -0.39 is 0 Å². The highest BCUT2D eigenvalue weighted by atomic mass is 16.1. The van der Waals surface area contributed by atoms with Crippen molar-refractivity contribution in [1.82, 2.24) is 10.7 Å². The first kappa shape index (κ1) is 14.5. The zero-order valence-electron chi connectivity index (χ0n) is 12.6. The Morgan fingerprint density at radius 1 is 1.23 bits per heavy atom. The molecule has 0 saturated carbocycles. The van der Waals surface area contributed by atoms with Crippen molar-refractivity contribution >= 4 is 12.1 Å². The second-order valence-electron chi connectivity index (χ2n) is 5.43. The van der Waals surface area contributed by atoms with Crippen LogP contribution in [-0.2, 0) is 17.8 Å². The van der Waals surface area contributed by atoms with Crippen molar-refractivity contribution in [3.05, 3.63) is 70.3 Å². The van der Waals surface area contributed by atoms with Gasteiger partial charge in [0.25, 0.3) is 0 Å². The number of hydrogen-bond donors (Lipinski definition) is 2. The van der Waals surface area contributed by atoms with Crippen LogP contribution in [0.4, 0.5) is 0 Å². The van der Waals surface area contributed by atoms with Gasteiger partial charge >= 0.3 is 0 Å². The minimum Gasteiger partial charge on any atom is -0.312 e. The third kappa shape index (κ3) is 2.92. The fraction of sp³-hybridized carbons (Fsp3) is 0.222. The molecule has 0 fully saturated rings. The molecular formula is C18H19N3O. The summed E-state index contributed by atoms with van der Waals surface area (Å²) in [7, 11) is 0. The number of hydrogen-bond acceptors (Lipinski definition) is 3. The van der Waals surface area contributed by atoms with Gasteiger partial charge in [-0.3, -0.25) is 4.79 Å². The molecule has 22 heavy (non-hydrogen) atoms. The topological polar surface area (TPSA) is 53.5 Å². The van der Waals surface area contributed by atoms with Gasteiger partial charge in [0.05, 0.1) is 5.71 Å². The maximum atomic E-state index is 10.7. The summed E-state index contributed by atoms with van der Waals surface area (Å²) in [4.78, 5) is 10.7. The van der Waals surface area contributed by atoms with E-state index in [1.165, 1.54) is 11.1 Å². The fourth-order valence-electron chi connectivity index (χ4n) is 2.83. The van der Waals surface area contributed by atoms with Crippen molar-refractivity contribution in [2.45, 2.75) is 19.9 Å². The average molecular weight is 293 g/mol. The summed E-state index contributed by atoms with van der Waals surface area (Å²) < 4.78 is 0. The molecule has 2 aromatic rings. The van der Waals surface area contributed by atoms with Crippen molar-refractivity contribution in [3.63, 3.8) is 0 Å². The Hall–Kier alpha value is -2.46. The number of benzene rings is 2. The molecule has 0 bridgehead atoms. The highest BCUT2D eigenvalue weighted by Crippen LogP contribution is 2.20. The summed E-state index contributed by atoms with van der Waals surface area (Å²) in [5.74, 6) is 0. The molecule has 2 N–H and O–H groups in total. The molecule has 1 amide bonds. The summed E-state index contributed by atoms with van der Waals surface area (Å²) in [6.45, 7) is 3.97. The van der Waals surface area contributed by atoms with Gasteiger partial charge in [-0.1, -0.05) is 36.4 Å². The Balaban J connectivity index is 2.07. The molecule has 0 atom stereocenters. The number of nitrogens with zero attached hydrogens (tertiary/aromatic N) is 1. The molecule has 0 saturated heterocycles. The first-order valence-corrected chi connectivity index (χ1v) is 7.45. The highest BCUT2D eigenvalue weighted by Gasteiger charge is 2.14. The maximum Gasteiger partial charge on any atom is 0.227 e. The number of aryl methyl sites for hydroxylation is 1. The monoisotopic (exact) mass is 293 g/mol. The summed E-state index contributed by atoms with van der Waals surface area (Å²) in [6.07, 6.45) is 1.62. The van der Waals surface area contributed by atoms with Gasteiger partial charge in [-0.05, 0) is 42.6 Å². The van der Waals surface area contributed by atoms with Crippen LogP contribution in [0, 0.1) is 6.92 Å². The predicted molar refractivity (Wildman–Crippen MR) is 87.9 cm³/mol. The number of rotatable bonds is 4. The molecule has 0 aromatic heterocycles. The SMILES string of the molecule is Cc1ccccc1/C(=N\NC=O)c1ccc2c(c1)CCNC2. The standard InChI is InChI=1S/C18H19N3O/c1-13-4-2-3-5-17(13)18(21-20-12-22)15-6-7-16-11-19-9-8-14(16)10-15/h2-7,10,12,19H,8-9,11H2,1H3,(H,20,22)/b21-18-. The molecule has 1 aliphatic heterocycles. The second-order valence-corrected chi connectivity index (χ2v) is 5.43. The number of carbonyl (C=O) groups is 1. The van der Waals surface area contributed by atoms with Crippen LogP contribution in [0.5, 0.6) is 0 Å². The quantitative estimate of drug-likeness (QED) is 0.515. The Morgan fingerprint density at radius 3 is 2.91 bits per heavy atom. The van der Waals surface area contributed by atoms with Crippen LogP contribution in [0.2, 0.25) is 0 Å². The molecule has 0 aliphatic carbocycles. The van der Waals surface area contributed by atoms with E-state index in [0.29, 0.717) is 6.41 Å². The van der Waals surface area contributed by atoms with Crippen molar-refractivity contribution in [2.75, 3.05) is 6.54 Å². The molecule has 1 heterocycles. The van der Waals surface area contributed by atoms with Crippen LogP contribution in [0.15, 0.2) is 47.6 Å². The van der Waals surface area contributed by atoms with E-state index in [1.807, 2.05) is 31.2 Å². The van der Waals surface area contributed by atoms with E-state index in [0.717, 1.165) is 41.9 Å². The number of amides is 1. The third-order valence-corrected chi connectivity index (χ3v) is 4.00. The summed E-state index contributed by atoms with van der Waals surface area (Å²) in [6, 6.07) is 14.5. The molecule has 4 nitrogen and oxygen atoms in total. The normalized spacial score (nSPS) is 14.3. The summed E-state index contributed by atoms with van der Waals surface area (Å²) >= 11 is 0. The molecule has 0 spiro atoms. The number of nitrogens with one attached hydrogen (secondary N) is 2. The molecule has 3 rings (SSSR count). The van der Waals surface area contributed by atoms with Gasteiger partial charge in [0.15, 0.2) is 0 Å². The van der Waals surface area contributed by atoms with Crippen LogP contribution < -0.4 is 10.7 Å². The lowest BCUT2D eigenvalue weighted by Gasteiger charge is -2.18. The van der Waals surface area contributed by atoms with Crippen LogP contribution in [-0.4, -0.2) is 18.7 Å². The Kier molecular flexibility index (Phi) is 4.30. The second kappa shape index (κ2) is 6.54. The first-order chi connectivity index (χ1) is 10.8. The van der Waals surface area contributed by atoms with Crippen molar-refractivity contribution in [3.8, 4) is 0 Å². The summed E-state index contributed by atoms with van der Waals surface area (Å²) in [5.41, 5.74) is 9.13. The van der Waals surface area contributed by atoms with Crippen LogP contribution >= 0.6 is 0 Å². The highest BCUT2D eigenvalue weighted by molar-refractivity contribution is 6.13. The average Bonchev–Trinajstić information content (AvgIpc) is 2.56. The maximum absolute atomic E-state index is 10.7. The van der Waals surface area contributed by atoms with Gasteiger partial charge in [-0.25, -0.2) is 5.43 Å². The van der Waals surface area contributed by atoms with Gasteiger partial charge in [0.2, 0.25) is 6.41 Å². The molecule has 1 aliphatic rings. The Morgan fingerprint density at radius 2 is 2.09 bits per heavy atom. The molecule has 2 aromatic carbocycles. The zero-order valence-corrected chi connectivity index (χ0v) is 12.6. The Bertz CT molecular complexity index is 722. The molecule has 112 valence electrons. The lowest BCUT2D eigenvalue weighted by atomic mass is 9.93. The molecular weight excluding hydrogens is 274 g/mol. The van der Waals surface area contributed by atoms with E-state index in [-0.39, 0.29) is 0 Å². The number of carbonyl (C=O) groups excluding carboxylic acids is 1. The van der Waals surface area contributed by atoms with Gasteiger partial charge in [0.1, 0.15) is 0 Å². The summed E-state index contributed by atoms with van der Waals surface area (Å²) in [5, 5.41) is 7.65. The molecule has 4 heteroatoms. The zero-order chi connectivity index (χ0) is 15.4. The van der Waals surface area contributed by atoms with Crippen LogP contribution in [0.3, 0.4) is 0 Å². The fourth-order valence-corrected chi connectivity index (χ4v) is 2.83. The largest absolute Gasteiger partial charge is 0.312 e. The molecule has 0 radical (unpaired) electrons. The van der Waals surface area contributed by atoms with E-state index in [9.17, 15) is 4.79 Å². The van der Waals surface area contributed by atoms with Crippen molar-refractivity contribution in [1.29, 1.82) is 0 Å². The van der Waals surface area contributed by atoms with E-state index in [2.05, 4.69) is 34.0 Å². The minimum atomic E-state index is 0.598. The first-order valence-electron chi connectivity index (χ1n) is 7.45. The number of hydrazone groups is 1. The van der Waals surface area contributed by atoms with Gasteiger partial charge < -0.3 is 5.32 Å². The third-order valence-electron chi connectivity index (χ3n) is 4.00. The smallest absolute Gasteiger partial charge is 0.227 e. The molecule has 0 unspecified atom stereocenters. The van der Waals surface area contributed by atoms with E-state index in [1.54, 1.807) is 0 Å². The lowest BCUT2D eigenvalue weighted by Crippen LogP contribution is -2.24. The van der Waals surface area contributed by atoms with E-state index >= 15 is 0 Å². The predicted octanol–water partition coefficient (Wildman–Crippen LogP) is 2.14. The van der Waals surface area contributed by atoms with E-state index in [4.69, 9.17) is 0 Å². The lowest BCUT2D eigenvalue weighted by molar-refractivity contribution is -0.109. The number of fused-ring (bicyclic) bond motifs is 1. The van der Waals surface area contributed by atoms with Gasteiger partial charge in [-0.15, -0.1) is 0 Å². The van der Waals surface area contributed by atoms with Crippen molar-refractivity contribution in [2.24, 2.45) is 5.10 Å². The van der Waals surface area contributed by atoms with Crippen molar-refractivity contribution < 1.29 is 4.79 Å². The van der Waals surface area contributed by atoms with Crippen LogP contribution in [0.25, 0.3) is 0 Å². The van der Waals surface area contributed by atoms with Crippen LogP contribution in [0.1, 0.15) is 27.8 Å². The van der Waals surface area contributed by atoms with Gasteiger partial charge in [-0.2, -0.15) is 5.10 Å².